The van der Waals surface area contributed by atoms with Gasteiger partial charge in [0.1, 0.15) is 5.78 Å². The molecule has 1 aromatic rings. The normalized spacial score (nSPS) is 37.4. The zero-order chi connectivity index (χ0) is 26.0. The molecule has 0 aromatic heterocycles. The van der Waals surface area contributed by atoms with Crippen molar-refractivity contribution in [2.75, 3.05) is 6.61 Å². The molecule has 0 bridgehead atoms. The van der Waals surface area contributed by atoms with Gasteiger partial charge in [-0.3, -0.25) is 9.59 Å². The molecular weight excluding hydrogens is 460 g/mol. The fourth-order valence-electron chi connectivity index (χ4n) is 8.65. The van der Waals surface area contributed by atoms with Gasteiger partial charge in [-0.1, -0.05) is 19.4 Å². The van der Waals surface area contributed by atoms with E-state index in [0.29, 0.717) is 30.0 Å². The van der Waals surface area contributed by atoms with Crippen molar-refractivity contribution in [3.63, 3.8) is 0 Å². The third kappa shape index (κ3) is 3.65. The van der Waals surface area contributed by atoms with Gasteiger partial charge in [-0.05, 0) is 92.2 Å². The molecular formula is C29H36O7. The maximum atomic E-state index is 12.8. The molecule has 0 heterocycles. The predicted octanol–water partition coefficient (Wildman–Crippen LogP) is 4.92. The van der Waals surface area contributed by atoms with Gasteiger partial charge < -0.3 is 20.1 Å². The summed E-state index contributed by atoms with van der Waals surface area (Å²) in [5, 5.41) is 29.1. The summed E-state index contributed by atoms with van der Waals surface area (Å²) in [6.07, 6.45) is 8.04. The van der Waals surface area contributed by atoms with Crippen LogP contribution >= 0.6 is 0 Å². The highest BCUT2D eigenvalue weighted by molar-refractivity contribution is 5.93. The first kappa shape index (κ1) is 24.8. The number of phenolic OH excluding ortho intramolecular Hbond substituents is 3. The SMILES string of the molecule is CC(=O)[C@H]1CC[C@H]2[C@@H]3CCC4=CC(=O)CC(COC(=O)c5cc(O)c(O)c(O)c5)[C@]4(C)[C@H]3CC[C@]12C. The van der Waals surface area contributed by atoms with Crippen LogP contribution in [0.25, 0.3) is 0 Å². The van der Waals surface area contributed by atoms with Gasteiger partial charge in [-0.15, -0.1) is 0 Å². The lowest BCUT2D eigenvalue weighted by Gasteiger charge is -2.60. The fraction of sp³-hybridized carbons (Fsp3) is 0.621. The zero-order valence-electron chi connectivity index (χ0n) is 21.3. The first-order valence-electron chi connectivity index (χ1n) is 13.1. The van der Waals surface area contributed by atoms with Gasteiger partial charge in [0.05, 0.1) is 12.2 Å². The lowest BCUT2D eigenvalue weighted by atomic mass is 9.44. The molecule has 4 aliphatic rings. The van der Waals surface area contributed by atoms with E-state index in [-0.39, 0.29) is 40.6 Å². The van der Waals surface area contributed by atoms with E-state index in [4.69, 9.17) is 4.74 Å². The Bertz CT molecular complexity index is 1130. The third-order valence-corrected chi connectivity index (χ3v) is 10.5. The van der Waals surface area contributed by atoms with Gasteiger partial charge in [-0.2, -0.15) is 0 Å². The number of benzene rings is 1. The second kappa shape index (κ2) is 8.63. The number of esters is 1. The Morgan fingerprint density at radius 3 is 2.39 bits per heavy atom. The number of hydrogen-bond acceptors (Lipinski definition) is 7. The molecule has 3 saturated carbocycles. The number of Topliss-reactive ketones (excluding diaryl/α,β-unsaturated/α-hetero) is 1. The average molecular weight is 497 g/mol. The van der Waals surface area contributed by atoms with Crippen molar-refractivity contribution >= 4 is 17.5 Å². The number of rotatable bonds is 4. The first-order chi connectivity index (χ1) is 17.0. The van der Waals surface area contributed by atoms with Crippen LogP contribution < -0.4 is 0 Å². The number of aromatic hydroxyl groups is 3. The van der Waals surface area contributed by atoms with Gasteiger partial charge in [0.25, 0.3) is 0 Å². The fourth-order valence-corrected chi connectivity index (χ4v) is 8.65. The van der Waals surface area contributed by atoms with E-state index in [1.165, 1.54) is 0 Å². The van der Waals surface area contributed by atoms with Gasteiger partial charge >= 0.3 is 5.97 Å². The molecule has 1 unspecified atom stereocenters. The quantitative estimate of drug-likeness (QED) is 0.399. The third-order valence-electron chi connectivity index (χ3n) is 10.5. The van der Waals surface area contributed by atoms with E-state index >= 15 is 0 Å². The highest BCUT2D eigenvalue weighted by Crippen LogP contribution is 2.67. The Kier molecular flexibility index (Phi) is 5.96. The van der Waals surface area contributed by atoms with Crippen molar-refractivity contribution in [3.8, 4) is 17.2 Å². The minimum atomic E-state index is -0.726. The van der Waals surface area contributed by atoms with E-state index in [1.54, 1.807) is 6.92 Å². The molecule has 7 heteroatoms. The molecule has 7 nitrogen and oxygen atoms in total. The molecule has 4 aliphatic carbocycles. The summed E-state index contributed by atoms with van der Waals surface area (Å²) in [6.45, 7) is 6.34. The van der Waals surface area contributed by atoms with Crippen molar-refractivity contribution < 1.29 is 34.4 Å². The smallest absolute Gasteiger partial charge is 0.338 e. The van der Waals surface area contributed by atoms with Crippen LogP contribution in [-0.2, 0) is 14.3 Å². The number of carbonyl (C=O) groups excluding carboxylic acids is 3. The van der Waals surface area contributed by atoms with Crippen LogP contribution in [0.2, 0.25) is 0 Å². The molecule has 3 N–H and O–H groups in total. The summed E-state index contributed by atoms with van der Waals surface area (Å²) in [4.78, 5) is 37.9. The molecule has 0 amide bonds. The Morgan fingerprint density at radius 2 is 1.72 bits per heavy atom. The number of fused-ring (bicyclic) bond motifs is 5. The largest absolute Gasteiger partial charge is 0.504 e. The summed E-state index contributed by atoms with van der Waals surface area (Å²) >= 11 is 0. The number of hydrogen-bond donors (Lipinski definition) is 3. The van der Waals surface area contributed by atoms with Crippen molar-refractivity contribution in [2.24, 2.45) is 40.4 Å². The Labute approximate surface area is 211 Å². The van der Waals surface area contributed by atoms with Gasteiger partial charge in [0, 0.05) is 18.3 Å². The Balaban J connectivity index is 1.40. The van der Waals surface area contributed by atoms with Crippen LogP contribution in [-0.4, -0.2) is 39.5 Å². The summed E-state index contributed by atoms with van der Waals surface area (Å²) in [7, 11) is 0. The van der Waals surface area contributed by atoms with Gasteiger partial charge in [-0.25, -0.2) is 4.79 Å². The van der Waals surface area contributed by atoms with E-state index in [1.807, 2.05) is 6.08 Å². The van der Waals surface area contributed by atoms with E-state index in [0.717, 1.165) is 56.2 Å². The minimum absolute atomic E-state index is 0.0416. The van der Waals surface area contributed by atoms with Crippen molar-refractivity contribution in [1.82, 2.24) is 0 Å². The second-order valence-electron chi connectivity index (χ2n) is 12.0. The Hall–Kier alpha value is -2.83. The average Bonchev–Trinajstić information content (AvgIpc) is 3.18. The van der Waals surface area contributed by atoms with Crippen LogP contribution in [0, 0.1) is 40.4 Å². The number of ether oxygens (including phenoxy) is 1. The van der Waals surface area contributed by atoms with Crippen LogP contribution in [0.1, 0.15) is 76.1 Å². The molecule has 0 aliphatic heterocycles. The van der Waals surface area contributed by atoms with Crippen LogP contribution in [0.5, 0.6) is 17.2 Å². The first-order valence-corrected chi connectivity index (χ1v) is 13.1. The topological polar surface area (TPSA) is 121 Å². The predicted molar refractivity (Wildman–Crippen MR) is 131 cm³/mol. The minimum Gasteiger partial charge on any atom is -0.504 e. The summed E-state index contributed by atoms with van der Waals surface area (Å²) in [5.41, 5.74) is 0.860. The number of allylic oxidation sites excluding steroid dienone is 1. The zero-order valence-corrected chi connectivity index (χ0v) is 21.3. The number of carbonyl (C=O) groups is 3. The van der Waals surface area contributed by atoms with Gasteiger partial charge in [0.15, 0.2) is 23.0 Å². The van der Waals surface area contributed by atoms with Crippen LogP contribution in [0.4, 0.5) is 0 Å². The molecule has 5 rings (SSSR count). The molecule has 0 radical (unpaired) electrons. The lowest BCUT2D eigenvalue weighted by Crippen LogP contribution is -2.54. The van der Waals surface area contributed by atoms with Crippen LogP contribution in [0.3, 0.4) is 0 Å². The van der Waals surface area contributed by atoms with E-state index in [9.17, 15) is 29.7 Å². The second-order valence-corrected chi connectivity index (χ2v) is 12.0. The van der Waals surface area contributed by atoms with E-state index in [2.05, 4.69) is 13.8 Å². The maximum Gasteiger partial charge on any atom is 0.338 e. The lowest BCUT2D eigenvalue weighted by molar-refractivity contribution is -0.131. The molecule has 3 fully saturated rings. The number of phenols is 3. The van der Waals surface area contributed by atoms with Crippen molar-refractivity contribution in [2.45, 2.75) is 65.7 Å². The molecule has 7 atom stereocenters. The number of ketones is 2. The molecule has 0 spiro atoms. The molecule has 1 aromatic carbocycles. The Morgan fingerprint density at radius 1 is 1.03 bits per heavy atom. The maximum absolute atomic E-state index is 12.8. The standard InChI is InChI=1S/C29H36O7/c1-15(30)21-6-7-22-20-5-4-17-12-19(31)13-18(29(17,3)23(20)8-9-28(21,22)2)14-36-27(35)16-10-24(32)26(34)25(33)11-16/h10-12,18,20-23,32-34H,4-9,13-14H2,1-3H3/t18?,20-,21+,22-,23-,28+,29+/m0/s1. The molecule has 0 saturated heterocycles. The monoisotopic (exact) mass is 496 g/mol. The van der Waals surface area contributed by atoms with E-state index < -0.39 is 23.2 Å². The molecule has 194 valence electrons. The summed E-state index contributed by atoms with van der Waals surface area (Å²) in [6, 6.07) is 2.11. The highest BCUT2D eigenvalue weighted by atomic mass is 16.5. The molecule has 36 heavy (non-hydrogen) atoms. The van der Waals surface area contributed by atoms with Gasteiger partial charge in [0.2, 0.25) is 0 Å². The van der Waals surface area contributed by atoms with Crippen molar-refractivity contribution in [1.29, 1.82) is 0 Å². The highest BCUT2D eigenvalue weighted by Gasteiger charge is 2.61. The summed E-state index contributed by atoms with van der Waals surface area (Å²) < 4.78 is 5.65. The van der Waals surface area contributed by atoms with Crippen molar-refractivity contribution in [3.05, 3.63) is 29.3 Å². The summed E-state index contributed by atoms with van der Waals surface area (Å²) in [5.74, 6) is -0.966. The van der Waals surface area contributed by atoms with Crippen LogP contribution in [0.15, 0.2) is 23.8 Å².